The molecule has 0 aromatic rings. The normalized spacial score (nSPS) is 36.0. The summed E-state index contributed by atoms with van der Waals surface area (Å²) < 4.78 is 0. The van der Waals surface area contributed by atoms with E-state index in [1.54, 1.807) is 0 Å². The standard InChI is InChI=1S/C10H21N/c1-4-10(11)8(3)9-5-7(2)6-9/h7-10H,4-6,11H2,1-3H3. The molecule has 0 aliphatic heterocycles. The average Bonchev–Trinajstić information content (AvgIpc) is 1.96. The fourth-order valence-electron chi connectivity index (χ4n) is 2.12. The van der Waals surface area contributed by atoms with Crippen LogP contribution in [0.3, 0.4) is 0 Å². The summed E-state index contributed by atoms with van der Waals surface area (Å²) in [4.78, 5) is 0. The monoisotopic (exact) mass is 155 g/mol. The summed E-state index contributed by atoms with van der Waals surface area (Å²) in [6, 6.07) is 0.437. The highest BCUT2D eigenvalue weighted by molar-refractivity contribution is 4.84. The van der Waals surface area contributed by atoms with Gasteiger partial charge in [-0.1, -0.05) is 20.8 Å². The Hall–Kier alpha value is -0.0400. The van der Waals surface area contributed by atoms with Crippen LogP contribution in [0, 0.1) is 17.8 Å². The van der Waals surface area contributed by atoms with Crippen LogP contribution >= 0.6 is 0 Å². The number of rotatable bonds is 3. The van der Waals surface area contributed by atoms with Crippen molar-refractivity contribution in [1.29, 1.82) is 0 Å². The Kier molecular flexibility index (Phi) is 2.94. The summed E-state index contributed by atoms with van der Waals surface area (Å²) in [6.45, 7) is 6.83. The van der Waals surface area contributed by atoms with Gasteiger partial charge in [0.15, 0.2) is 0 Å². The van der Waals surface area contributed by atoms with E-state index in [9.17, 15) is 0 Å². The van der Waals surface area contributed by atoms with Gasteiger partial charge in [-0.2, -0.15) is 0 Å². The van der Waals surface area contributed by atoms with Crippen LogP contribution in [-0.4, -0.2) is 6.04 Å². The van der Waals surface area contributed by atoms with E-state index in [1.807, 2.05) is 0 Å². The van der Waals surface area contributed by atoms with Gasteiger partial charge >= 0.3 is 0 Å². The predicted molar refractivity (Wildman–Crippen MR) is 49.3 cm³/mol. The molecule has 1 aliphatic carbocycles. The van der Waals surface area contributed by atoms with Crippen LogP contribution < -0.4 is 5.73 Å². The molecule has 1 nitrogen and oxygen atoms in total. The average molecular weight is 155 g/mol. The molecule has 1 saturated carbocycles. The van der Waals surface area contributed by atoms with E-state index in [-0.39, 0.29) is 0 Å². The fraction of sp³-hybridized carbons (Fsp3) is 1.00. The van der Waals surface area contributed by atoms with Gasteiger partial charge in [-0.05, 0) is 37.0 Å². The fourth-order valence-corrected chi connectivity index (χ4v) is 2.12. The lowest BCUT2D eigenvalue weighted by molar-refractivity contribution is 0.128. The van der Waals surface area contributed by atoms with Crippen molar-refractivity contribution in [3.05, 3.63) is 0 Å². The molecule has 1 rings (SSSR count). The van der Waals surface area contributed by atoms with Crippen molar-refractivity contribution >= 4 is 0 Å². The second-order valence-electron chi connectivity index (χ2n) is 4.27. The first-order chi connectivity index (χ1) is 5.15. The van der Waals surface area contributed by atoms with Gasteiger partial charge in [-0.3, -0.25) is 0 Å². The highest BCUT2D eigenvalue weighted by Crippen LogP contribution is 2.39. The lowest BCUT2D eigenvalue weighted by Gasteiger charge is -2.39. The number of hydrogen-bond acceptors (Lipinski definition) is 1. The van der Waals surface area contributed by atoms with E-state index < -0.39 is 0 Å². The van der Waals surface area contributed by atoms with Crippen molar-refractivity contribution in [3.8, 4) is 0 Å². The van der Waals surface area contributed by atoms with Crippen molar-refractivity contribution < 1.29 is 0 Å². The molecule has 11 heavy (non-hydrogen) atoms. The first-order valence-electron chi connectivity index (χ1n) is 4.90. The largest absolute Gasteiger partial charge is 0.327 e. The minimum atomic E-state index is 0.437. The van der Waals surface area contributed by atoms with Gasteiger partial charge in [0.05, 0.1) is 0 Å². The molecule has 2 unspecified atom stereocenters. The molecule has 2 atom stereocenters. The highest BCUT2D eigenvalue weighted by atomic mass is 14.7. The van der Waals surface area contributed by atoms with Gasteiger partial charge < -0.3 is 5.73 Å². The van der Waals surface area contributed by atoms with Crippen molar-refractivity contribution in [2.45, 2.75) is 46.1 Å². The molecule has 1 heteroatoms. The molecule has 66 valence electrons. The molecule has 0 bridgehead atoms. The smallest absolute Gasteiger partial charge is 0.00645 e. The molecule has 0 saturated heterocycles. The summed E-state index contributed by atoms with van der Waals surface area (Å²) in [6.07, 6.45) is 3.95. The van der Waals surface area contributed by atoms with E-state index in [0.717, 1.165) is 24.2 Å². The third kappa shape index (κ3) is 1.96. The highest BCUT2D eigenvalue weighted by Gasteiger charge is 2.31. The maximum atomic E-state index is 5.97. The third-order valence-electron chi connectivity index (χ3n) is 3.30. The van der Waals surface area contributed by atoms with Gasteiger partial charge in [0, 0.05) is 6.04 Å². The Morgan fingerprint density at radius 1 is 1.45 bits per heavy atom. The minimum Gasteiger partial charge on any atom is -0.327 e. The van der Waals surface area contributed by atoms with Crippen LogP contribution in [0.2, 0.25) is 0 Å². The zero-order valence-corrected chi connectivity index (χ0v) is 8.01. The first kappa shape index (κ1) is 9.05. The Balaban J connectivity index is 2.25. The molecule has 0 radical (unpaired) electrons. The maximum Gasteiger partial charge on any atom is 0.00645 e. The van der Waals surface area contributed by atoms with Gasteiger partial charge in [-0.25, -0.2) is 0 Å². The van der Waals surface area contributed by atoms with Gasteiger partial charge in [0.25, 0.3) is 0 Å². The molecule has 2 N–H and O–H groups in total. The van der Waals surface area contributed by atoms with E-state index >= 15 is 0 Å². The summed E-state index contributed by atoms with van der Waals surface area (Å²) in [7, 11) is 0. The van der Waals surface area contributed by atoms with Crippen molar-refractivity contribution in [3.63, 3.8) is 0 Å². The van der Waals surface area contributed by atoms with Crippen molar-refractivity contribution in [2.75, 3.05) is 0 Å². The third-order valence-corrected chi connectivity index (χ3v) is 3.30. The molecule has 1 fully saturated rings. The van der Waals surface area contributed by atoms with Gasteiger partial charge in [0.2, 0.25) is 0 Å². The summed E-state index contributed by atoms with van der Waals surface area (Å²) >= 11 is 0. The quantitative estimate of drug-likeness (QED) is 0.665. The van der Waals surface area contributed by atoms with E-state index in [2.05, 4.69) is 20.8 Å². The van der Waals surface area contributed by atoms with Crippen LogP contribution in [0.25, 0.3) is 0 Å². The summed E-state index contributed by atoms with van der Waals surface area (Å²) in [5.41, 5.74) is 5.97. The molecule has 0 aromatic carbocycles. The van der Waals surface area contributed by atoms with Gasteiger partial charge in [-0.15, -0.1) is 0 Å². The Labute approximate surface area is 70.4 Å². The van der Waals surface area contributed by atoms with E-state index in [0.29, 0.717) is 6.04 Å². The lowest BCUT2D eigenvalue weighted by atomic mass is 9.68. The zero-order chi connectivity index (χ0) is 8.43. The van der Waals surface area contributed by atoms with Crippen LogP contribution in [0.1, 0.15) is 40.0 Å². The lowest BCUT2D eigenvalue weighted by Crippen LogP contribution is -2.38. The van der Waals surface area contributed by atoms with Crippen LogP contribution in [-0.2, 0) is 0 Å². The first-order valence-corrected chi connectivity index (χ1v) is 4.90. The van der Waals surface area contributed by atoms with E-state index in [1.165, 1.54) is 12.8 Å². The minimum absolute atomic E-state index is 0.437. The van der Waals surface area contributed by atoms with Crippen LogP contribution in [0.5, 0.6) is 0 Å². The molecule has 0 amide bonds. The number of nitrogens with two attached hydrogens (primary N) is 1. The van der Waals surface area contributed by atoms with E-state index in [4.69, 9.17) is 5.73 Å². The molecule has 1 aliphatic rings. The van der Waals surface area contributed by atoms with Crippen molar-refractivity contribution in [2.24, 2.45) is 23.5 Å². The molecule has 0 aromatic heterocycles. The van der Waals surface area contributed by atoms with Crippen LogP contribution in [0.15, 0.2) is 0 Å². The topological polar surface area (TPSA) is 26.0 Å². The number of hydrogen-bond donors (Lipinski definition) is 1. The molecular weight excluding hydrogens is 134 g/mol. The summed E-state index contributed by atoms with van der Waals surface area (Å²) in [5.74, 6) is 2.64. The Morgan fingerprint density at radius 2 is 2.00 bits per heavy atom. The maximum absolute atomic E-state index is 5.97. The Morgan fingerprint density at radius 3 is 2.36 bits per heavy atom. The van der Waals surface area contributed by atoms with Gasteiger partial charge in [0.1, 0.15) is 0 Å². The molecule has 0 spiro atoms. The SMILES string of the molecule is CCC(N)C(C)C1CC(C)C1. The van der Waals surface area contributed by atoms with Crippen LogP contribution in [0.4, 0.5) is 0 Å². The summed E-state index contributed by atoms with van der Waals surface area (Å²) in [5, 5.41) is 0. The predicted octanol–water partition coefficient (Wildman–Crippen LogP) is 2.41. The molecular formula is C10H21N. The Bertz CT molecular complexity index is 116. The second kappa shape index (κ2) is 3.57. The zero-order valence-electron chi connectivity index (χ0n) is 8.01. The van der Waals surface area contributed by atoms with Crippen molar-refractivity contribution in [1.82, 2.24) is 0 Å². The second-order valence-corrected chi connectivity index (χ2v) is 4.27. The molecule has 0 heterocycles.